The summed E-state index contributed by atoms with van der Waals surface area (Å²) in [6.07, 6.45) is -1.70. The summed E-state index contributed by atoms with van der Waals surface area (Å²) in [6.45, 7) is 0. The molecule has 0 saturated heterocycles. The third-order valence-corrected chi connectivity index (χ3v) is 12.8. The van der Waals surface area contributed by atoms with Crippen LogP contribution in [0.2, 0.25) is 0 Å². The van der Waals surface area contributed by atoms with Crippen LogP contribution in [0.4, 0.5) is 52.7 Å². The van der Waals surface area contributed by atoms with Crippen LogP contribution < -0.4 is 18.9 Å². The number of nitrogens with zero attached hydrogens (tertiary/aromatic N) is 1. The molecular formula is C67H35F12NO8. The van der Waals surface area contributed by atoms with Crippen molar-refractivity contribution in [1.29, 1.82) is 5.26 Å². The molecule has 0 radical (unpaired) electrons. The number of halogens is 12. The van der Waals surface area contributed by atoms with Crippen LogP contribution in [0, 0.1) is 81.1 Å². The maximum atomic E-state index is 14.9. The molecular weight excluding hydrogens is 1170 g/mol. The highest BCUT2D eigenvalue weighted by atomic mass is 19.2. The van der Waals surface area contributed by atoms with Gasteiger partial charge in [0, 0.05) is 34.9 Å². The fraction of sp³-hybridized carbons (Fsp3) is 0.0299. The van der Waals surface area contributed by atoms with Crippen molar-refractivity contribution >= 4 is 23.9 Å². The molecule has 0 amide bonds. The van der Waals surface area contributed by atoms with Gasteiger partial charge in [-0.2, -0.15) is 5.26 Å². The Morgan fingerprint density at radius 2 is 0.602 bits per heavy atom. The lowest BCUT2D eigenvalue weighted by Crippen LogP contribution is -2.18. The molecule has 0 atom stereocenters. The van der Waals surface area contributed by atoms with Crippen LogP contribution >= 0.6 is 0 Å². The Morgan fingerprint density at radius 1 is 0.284 bits per heavy atom. The van der Waals surface area contributed by atoms with E-state index < -0.39 is 123 Å². The average Bonchev–Trinajstić information content (AvgIpc) is 3.04. The molecule has 0 spiro atoms. The predicted molar refractivity (Wildman–Crippen MR) is 294 cm³/mol. The molecule has 0 aliphatic rings. The fourth-order valence-corrected chi connectivity index (χ4v) is 8.65. The molecule has 0 heterocycles. The van der Waals surface area contributed by atoms with Crippen molar-refractivity contribution in [2.75, 3.05) is 0 Å². The van der Waals surface area contributed by atoms with Gasteiger partial charge in [0.1, 0.15) is 94.0 Å². The number of rotatable bonds is 14. The van der Waals surface area contributed by atoms with Gasteiger partial charge in [-0.3, -0.25) is 19.2 Å². The Hall–Kier alpha value is -11.3. The van der Waals surface area contributed by atoms with E-state index in [1.54, 1.807) is 24.3 Å². The first-order chi connectivity index (χ1) is 42.1. The highest BCUT2D eigenvalue weighted by molar-refractivity contribution is 5.94. The zero-order valence-corrected chi connectivity index (χ0v) is 44.6. The van der Waals surface area contributed by atoms with Gasteiger partial charge in [-0.1, -0.05) is 60.7 Å². The van der Waals surface area contributed by atoms with Crippen molar-refractivity contribution < 1.29 is 90.8 Å². The smallest absolute Gasteiger partial charge is 0.322 e. The van der Waals surface area contributed by atoms with Crippen LogP contribution in [-0.4, -0.2) is 23.9 Å². The highest BCUT2D eigenvalue weighted by Gasteiger charge is 2.22. The summed E-state index contributed by atoms with van der Waals surface area (Å²) in [7, 11) is 0. The lowest BCUT2D eigenvalue weighted by Gasteiger charge is -2.11. The van der Waals surface area contributed by atoms with Gasteiger partial charge in [0.15, 0.2) is 23.3 Å². The molecule has 0 unspecified atom stereocenters. The Bertz CT molecular complexity index is 4360. The van der Waals surface area contributed by atoms with Crippen LogP contribution in [0.15, 0.2) is 188 Å². The highest BCUT2D eigenvalue weighted by Crippen LogP contribution is 2.35. The summed E-state index contributed by atoms with van der Waals surface area (Å²) >= 11 is 0. The van der Waals surface area contributed by atoms with E-state index in [-0.39, 0.29) is 50.8 Å². The van der Waals surface area contributed by atoms with Crippen molar-refractivity contribution in [1.82, 2.24) is 0 Å². The third-order valence-electron chi connectivity index (χ3n) is 12.8. The number of nitriles is 1. The second-order valence-electron chi connectivity index (χ2n) is 18.8. The summed E-state index contributed by atoms with van der Waals surface area (Å²) in [4.78, 5) is 48.9. The second-order valence-corrected chi connectivity index (χ2v) is 18.8. The van der Waals surface area contributed by atoms with Gasteiger partial charge in [0.05, 0.1) is 5.56 Å². The molecule has 0 aromatic heterocycles. The first-order valence-electron chi connectivity index (χ1n) is 25.6. The van der Waals surface area contributed by atoms with E-state index in [0.717, 1.165) is 54.6 Å². The molecule has 0 fully saturated rings. The van der Waals surface area contributed by atoms with Gasteiger partial charge in [-0.25, -0.2) is 52.7 Å². The molecule has 88 heavy (non-hydrogen) atoms. The van der Waals surface area contributed by atoms with Crippen LogP contribution in [-0.2, 0) is 19.2 Å². The van der Waals surface area contributed by atoms with Crippen LogP contribution in [0.1, 0.15) is 18.4 Å². The average molecular weight is 1210 g/mol. The topological polar surface area (TPSA) is 129 Å². The maximum Gasteiger partial charge on any atom is 0.322 e. The normalized spacial score (nSPS) is 10.8. The van der Waals surface area contributed by atoms with Gasteiger partial charge in [0.2, 0.25) is 0 Å². The molecule has 21 heteroatoms. The van der Waals surface area contributed by atoms with Crippen LogP contribution in [0.3, 0.4) is 0 Å². The molecule has 0 aliphatic heterocycles. The first-order valence-corrected chi connectivity index (χ1v) is 25.6. The summed E-state index contributed by atoms with van der Waals surface area (Å²) in [5, 5.41) is 8.80. The third kappa shape index (κ3) is 14.8. The van der Waals surface area contributed by atoms with Gasteiger partial charge in [-0.15, -0.1) is 0 Å². The monoisotopic (exact) mass is 1210 g/mol. The Kier molecular flexibility index (Phi) is 18.6. The number of esters is 4. The summed E-state index contributed by atoms with van der Waals surface area (Å²) < 4.78 is 188. The van der Waals surface area contributed by atoms with E-state index in [9.17, 15) is 71.9 Å². The van der Waals surface area contributed by atoms with E-state index >= 15 is 0 Å². The summed E-state index contributed by atoms with van der Waals surface area (Å²) in [6, 6.07) is 38.2. The molecule has 10 aromatic rings. The van der Waals surface area contributed by atoms with E-state index in [0.29, 0.717) is 39.9 Å². The maximum absolute atomic E-state index is 14.9. The zero-order chi connectivity index (χ0) is 62.9. The predicted octanol–water partition coefficient (Wildman–Crippen LogP) is 16.7. The minimum Gasteiger partial charge on any atom is -0.426 e. The molecule has 10 aromatic carbocycles. The van der Waals surface area contributed by atoms with Crippen molar-refractivity contribution in [2.45, 2.75) is 12.8 Å². The number of carbonyl (C=O) groups excluding carboxylic acids is 4. The lowest BCUT2D eigenvalue weighted by molar-refractivity contribution is -0.146. The Morgan fingerprint density at radius 3 is 1.02 bits per heavy atom. The molecule has 10 rings (SSSR count). The Balaban J connectivity index is 0.000000210. The minimum absolute atomic E-state index is 0.00709. The molecule has 0 N–H and O–H groups in total. The largest absolute Gasteiger partial charge is 0.426 e. The molecule has 0 aliphatic carbocycles. The van der Waals surface area contributed by atoms with Crippen molar-refractivity contribution in [3.63, 3.8) is 0 Å². The first kappa shape index (κ1) is 61.3. The molecule has 9 nitrogen and oxygen atoms in total. The van der Waals surface area contributed by atoms with Crippen LogP contribution in [0.25, 0.3) is 66.8 Å². The quantitative estimate of drug-likeness (QED) is 0.0452. The van der Waals surface area contributed by atoms with Gasteiger partial charge >= 0.3 is 23.9 Å². The lowest BCUT2D eigenvalue weighted by atomic mass is 9.97. The number of benzene rings is 10. The van der Waals surface area contributed by atoms with E-state index in [2.05, 4.69) is 0 Å². The van der Waals surface area contributed by atoms with E-state index in [1.165, 1.54) is 103 Å². The van der Waals surface area contributed by atoms with Gasteiger partial charge in [-0.05, 0) is 154 Å². The summed E-state index contributed by atoms with van der Waals surface area (Å²) in [5.74, 6) is -16.6. The number of hydrogen-bond acceptors (Lipinski definition) is 9. The van der Waals surface area contributed by atoms with E-state index in [1.807, 2.05) is 0 Å². The standard InChI is InChI=1S/C34H17F6NO4.C33H18F6O4/c35-22-5-1-19(2-6-22)25-10-9-24(15-29(25)38)45-33(43)16-32(42)44-23-7-3-18(4-8-23)20-11-30(39)34(31(40)12-20)21-13-27(36)26(17-41)28(37)14-21;34-26-11-5-20(13-30(26)38)18-1-3-19(4-2-18)24-9-7-22(15-28(24)36)42-32(40)17-33(41)43-23-8-10-25(29(37)16-23)21-6-12-27(35)31(39)14-21/h1-15H,16H2;1-16H,17H2. The molecule has 0 saturated carbocycles. The number of ether oxygens (including phenoxy) is 4. The van der Waals surface area contributed by atoms with Crippen molar-refractivity contribution in [2.24, 2.45) is 0 Å². The zero-order valence-electron chi connectivity index (χ0n) is 44.6. The van der Waals surface area contributed by atoms with Crippen molar-refractivity contribution in [3.05, 3.63) is 263 Å². The van der Waals surface area contributed by atoms with Crippen LogP contribution in [0.5, 0.6) is 23.0 Å². The summed E-state index contributed by atoms with van der Waals surface area (Å²) in [5.41, 5.74) is 0.571. The molecule has 0 bridgehead atoms. The Labute approximate surface area is 490 Å². The second kappa shape index (κ2) is 26.8. The molecule has 440 valence electrons. The van der Waals surface area contributed by atoms with Gasteiger partial charge < -0.3 is 18.9 Å². The SMILES string of the molecule is N#Cc1c(F)cc(-c2c(F)cc(-c3ccc(OC(=O)CC(=O)Oc4ccc(-c5ccc(F)cc5)c(F)c4)cc3)cc2F)cc1F.O=C(CC(=O)Oc1ccc(-c2ccc(F)c(F)c2)c(F)c1)Oc1ccc(-c2ccc(-c3ccc(F)c(F)c3)cc2)c(F)c1. The van der Waals surface area contributed by atoms with Crippen molar-refractivity contribution in [3.8, 4) is 95.8 Å². The number of hydrogen-bond donors (Lipinski definition) is 0. The van der Waals surface area contributed by atoms with E-state index in [4.69, 9.17) is 24.2 Å². The minimum atomic E-state index is -1.26. The number of carbonyl (C=O) groups is 4. The fourth-order valence-electron chi connectivity index (χ4n) is 8.65. The van der Waals surface area contributed by atoms with Gasteiger partial charge in [0.25, 0.3) is 0 Å².